The molecule has 5 nitrogen and oxygen atoms in total. The van der Waals surface area contributed by atoms with Crippen molar-refractivity contribution in [2.75, 3.05) is 13.2 Å². The Hall–Kier alpha value is -2.04. The zero-order valence-electron chi connectivity index (χ0n) is 12.4. The van der Waals surface area contributed by atoms with Crippen LogP contribution in [0.25, 0.3) is 0 Å². The van der Waals surface area contributed by atoms with Crippen molar-refractivity contribution in [1.29, 1.82) is 0 Å². The quantitative estimate of drug-likeness (QED) is 0.925. The first-order chi connectivity index (χ1) is 9.97. The van der Waals surface area contributed by atoms with Crippen molar-refractivity contribution in [2.24, 2.45) is 5.92 Å². The normalized spacial score (nSPS) is 21.9. The second-order valence-corrected chi connectivity index (χ2v) is 5.70. The summed E-state index contributed by atoms with van der Waals surface area (Å²) in [4.78, 5) is 25.0. The van der Waals surface area contributed by atoms with E-state index in [9.17, 15) is 9.59 Å². The highest BCUT2D eigenvalue weighted by Gasteiger charge is 2.27. The minimum Gasteiger partial charge on any atom is -0.482 e. The molecule has 0 saturated carbocycles. The third-order valence-corrected chi connectivity index (χ3v) is 3.82. The molecular weight excluding hydrogens is 270 g/mol. The number of piperidine rings is 1. The first-order valence-electron chi connectivity index (χ1n) is 7.23. The van der Waals surface area contributed by atoms with E-state index in [0.29, 0.717) is 17.2 Å². The van der Waals surface area contributed by atoms with Crippen molar-refractivity contribution in [2.45, 2.75) is 32.7 Å². The van der Waals surface area contributed by atoms with E-state index in [1.54, 1.807) is 24.3 Å². The van der Waals surface area contributed by atoms with Crippen LogP contribution in [0.3, 0.4) is 0 Å². The molecule has 1 fully saturated rings. The van der Waals surface area contributed by atoms with Crippen LogP contribution in [0.4, 0.5) is 0 Å². The average molecular weight is 291 g/mol. The van der Waals surface area contributed by atoms with E-state index < -0.39 is 12.6 Å². The third kappa shape index (κ3) is 3.97. The standard InChI is InChI=1S/C16H21NO4/c1-11-6-7-12(2)17(9-11)16(20)13-4-3-5-14(8-13)21-10-15(18)19/h3-5,8,11-12H,6-7,9-10H2,1-2H3,(H,18,19). The number of carbonyl (C=O) groups excluding carboxylic acids is 1. The third-order valence-electron chi connectivity index (χ3n) is 3.82. The van der Waals surface area contributed by atoms with Crippen LogP contribution in [0.2, 0.25) is 0 Å². The number of ether oxygens (including phenoxy) is 1. The van der Waals surface area contributed by atoms with Crippen molar-refractivity contribution in [3.8, 4) is 5.75 Å². The summed E-state index contributed by atoms with van der Waals surface area (Å²) in [6, 6.07) is 6.95. The van der Waals surface area contributed by atoms with Gasteiger partial charge in [-0.25, -0.2) is 4.79 Å². The molecule has 0 aromatic heterocycles. The molecule has 1 saturated heterocycles. The molecule has 0 spiro atoms. The molecule has 0 radical (unpaired) electrons. The van der Waals surface area contributed by atoms with Crippen molar-refractivity contribution in [1.82, 2.24) is 4.90 Å². The van der Waals surface area contributed by atoms with Gasteiger partial charge in [-0.1, -0.05) is 13.0 Å². The second-order valence-electron chi connectivity index (χ2n) is 5.70. The van der Waals surface area contributed by atoms with Crippen molar-refractivity contribution in [3.05, 3.63) is 29.8 Å². The van der Waals surface area contributed by atoms with E-state index in [2.05, 4.69) is 13.8 Å². The fourth-order valence-corrected chi connectivity index (χ4v) is 2.60. The molecule has 2 unspecified atom stereocenters. The molecule has 2 rings (SSSR count). The van der Waals surface area contributed by atoms with E-state index in [1.807, 2.05) is 4.90 Å². The van der Waals surface area contributed by atoms with Crippen LogP contribution in [0.15, 0.2) is 24.3 Å². The Morgan fingerprint density at radius 2 is 2.10 bits per heavy atom. The van der Waals surface area contributed by atoms with Crippen LogP contribution in [-0.4, -0.2) is 41.1 Å². The van der Waals surface area contributed by atoms with Gasteiger partial charge in [0.1, 0.15) is 5.75 Å². The van der Waals surface area contributed by atoms with Gasteiger partial charge in [-0.2, -0.15) is 0 Å². The number of nitrogens with zero attached hydrogens (tertiary/aromatic N) is 1. The van der Waals surface area contributed by atoms with Crippen molar-refractivity contribution >= 4 is 11.9 Å². The summed E-state index contributed by atoms with van der Waals surface area (Å²) < 4.78 is 5.12. The van der Waals surface area contributed by atoms with Crippen LogP contribution in [0, 0.1) is 5.92 Å². The molecule has 5 heteroatoms. The number of rotatable bonds is 4. The van der Waals surface area contributed by atoms with Gasteiger partial charge < -0.3 is 14.7 Å². The summed E-state index contributed by atoms with van der Waals surface area (Å²) in [5.74, 6) is -0.141. The molecule has 1 amide bonds. The molecule has 1 aromatic carbocycles. The molecule has 1 N–H and O–H groups in total. The highest BCUT2D eigenvalue weighted by Crippen LogP contribution is 2.24. The molecule has 114 valence electrons. The number of hydrogen-bond acceptors (Lipinski definition) is 3. The Morgan fingerprint density at radius 1 is 1.33 bits per heavy atom. The highest BCUT2D eigenvalue weighted by molar-refractivity contribution is 5.94. The van der Waals surface area contributed by atoms with E-state index in [0.717, 1.165) is 19.4 Å². The van der Waals surface area contributed by atoms with Crippen LogP contribution >= 0.6 is 0 Å². The number of benzene rings is 1. The number of aliphatic carboxylic acids is 1. The van der Waals surface area contributed by atoms with Crippen molar-refractivity contribution in [3.63, 3.8) is 0 Å². The smallest absolute Gasteiger partial charge is 0.341 e. The maximum Gasteiger partial charge on any atom is 0.341 e. The summed E-state index contributed by atoms with van der Waals surface area (Å²) >= 11 is 0. The average Bonchev–Trinajstić information content (AvgIpc) is 2.47. The molecule has 2 atom stereocenters. The van der Waals surface area contributed by atoms with Gasteiger partial charge in [0.05, 0.1) is 0 Å². The fraction of sp³-hybridized carbons (Fsp3) is 0.500. The summed E-state index contributed by atoms with van der Waals surface area (Å²) in [6.45, 7) is 4.57. The lowest BCUT2D eigenvalue weighted by atomic mass is 9.94. The Kier molecular flexibility index (Phi) is 4.83. The molecule has 1 aromatic rings. The lowest BCUT2D eigenvalue weighted by Crippen LogP contribution is -2.44. The number of carboxylic acid groups (broad SMARTS) is 1. The summed E-state index contributed by atoms with van der Waals surface area (Å²) in [5, 5.41) is 8.62. The number of amides is 1. The van der Waals surface area contributed by atoms with Crippen molar-refractivity contribution < 1.29 is 19.4 Å². The Labute approximate surface area is 124 Å². The molecule has 1 aliphatic heterocycles. The lowest BCUT2D eigenvalue weighted by Gasteiger charge is -2.36. The van der Waals surface area contributed by atoms with Gasteiger partial charge in [0, 0.05) is 18.2 Å². The van der Waals surface area contributed by atoms with Crippen LogP contribution in [0.5, 0.6) is 5.75 Å². The predicted molar refractivity (Wildman–Crippen MR) is 78.5 cm³/mol. The van der Waals surface area contributed by atoms with E-state index in [-0.39, 0.29) is 11.9 Å². The van der Waals surface area contributed by atoms with Crippen LogP contribution in [0.1, 0.15) is 37.0 Å². The largest absolute Gasteiger partial charge is 0.482 e. The number of likely N-dealkylation sites (tertiary alicyclic amines) is 1. The Morgan fingerprint density at radius 3 is 2.81 bits per heavy atom. The van der Waals surface area contributed by atoms with E-state index in [1.165, 1.54) is 0 Å². The minimum absolute atomic E-state index is 0.0187. The molecule has 1 aliphatic rings. The van der Waals surface area contributed by atoms with E-state index in [4.69, 9.17) is 9.84 Å². The molecule has 0 bridgehead atoms. The Balaban J connectivity index is 2.11. The summed E-state index contributed by atoms with van der Waals surface area (Å²) in [7, 11) is 0. The summed E-state index contributed by atoms with van der Waals surface area (Å²) in [6.07, 6.45) is 2.16. The van der Waals surface area contributed by atoms with Gasteiger partial charge >= 0.3 is 5.97 Å². The van der Waals surface area contributed by atoms with Crippen LogP contribution in [-0.2, 0) is 4.79 Å². The van der Waals surface area contributed by atoms with Gasteiger partial charge in [0.15, 0.2) is 6.61 Å². The Bertz CT molecular complexity index is 529. The number of carbonyl (C=O) groups is 2. The van der Waals surface area contributed by atoms with Crippen LogP contribution < -0.4 is 4.74 Å². The fourth-order valence-electron chi connectivity index (χ4n) is 2.60. The molecular formula is C16H21NO4. The van der Waals surface area contributed by atoms with E-state index >= 15 is 0 Å². The zero-order chi connectivity index (χ0) is 15.4. The number of hydrogen-bond donors (Lipinski definition) is 1. The SMILES string of the molecule is CC1CCC(C)N(C(=O)c2cccc(OCC(=O)O)c2)C1. The van der Waals surface area contributed by atoms with Gasteiger partial charge in [0.2, 0.25) is 0 Å². The minimum atomic E-state index is -1.04. The maximum absolute atomic E-state index is 12.6. The lowest BCUT2D eigenvalue weighted by molar-refractivity contribution is -0.139. The molecule has 21 heavy (non-hydrogen) atoms. The van der Waals surface area contributed by atoms with Gasteiger partial charge in [-0.3, -0.25) is 4.79 Å². The second kappa shape index (κ2) is 6.61. The molecule has 1 heterocycles. The summed E-state index contributed by atoms with van der Waals surface area (Å²) in [5.41, 5.74) is 0.541. The zero-order valence-corrected chi connectivity index (χ0v) is 12.4. The highest BCUT2D eigenvalue weighted by atomic mass is 16.5. The number of carboxylic acids is 1. The van der Waals surface area contributed by atoms with Gasteiger partial charge in [-0.05, 0) is 43.9 Å². The first-order valence-corrected chi connectivity index (χ1v) is 7.23. The topological polar surface area (TPSA) is 66.8 Å². The monoisotopic (exact) mass is 291 g/mol. The molecule has 0 aliphatic carbocycles. The predicted octanol–water partition coefficient (Wildman–Crippen LogP) is 2.41. The first kappa shape index (κ1) is 15.4. The van der Waals surface area contributed by atoms with Gasteiger partial charge in [-0.15, -0.1) is 0 Å². The maximum atomic E-state index is 12.6. The van der Waals surface area contributed by atoms with Gasteiger partial charge in [0.25, 0.3) is 5.91 Å².